The van der Waals surface area contributed by atoms with E-state index >= 15 is 0 Å². The van der Waals surface area contributed by atoms with Gasteiger partial charge in [0.25, 0.3) is 0 Å². The quantitative estimate of drug-likeness (QED) is 0.524. The van der Waals surface area contributed by atoms with Crippen LogP contribution >= 0.6 is 0 Å². The van der Waals surface area contributed by atoms with Crippen LogP contribution in [-0.2, 0) is 6.54 Å². The van der Waals surface area contributed by atoms with Crippen molar-refractivity contribution in [3.8, 4) is 23.5 Å². The Labute approximate surface area is 116 Å². The fourth-order valence-electron chi connectivity index (χ4n) is 1.99. The van der Waals surface area contributed by atoms with Crippen molar-refractivity contribution < 1.29 is 20.4 Å². The fraction of sp³-hybridized carbons (Fsp3) is 0.286. The largest absolute Gasteiger partial charge is 0.494 e. The van der Waals surface area contributed by atoms with E-state index < -0.39 is 0 Å². The molecule has 2 aromatic rings. The van der Waals surface area contributed by atoms with Crippen LogP contribution in [0.15, 0.2) is 24.3 Å². The molecule has 0 atom stereocenters. The van der Waals surface area contributed by atoms with Gasteiger partial charge in [-0.25, -0.2) is 0 Å². The topological polar surface area (TPSA) is 102 Å². The molecule has 2 rings (SSSR count). The van der Waals surface area contributed by atoms with Crippen LogP contribution in [0, 0.1) is 0 Å². The number of hydrogen-bond acceptors (Lipinski definition) is 4. The molecule has 20 heavy (non-hydrogen) atoms. The van der Waals surface area contributed by atoms with E-state index in [0.29, 0.717) is 12.1 Å². The number of allylic oxidation sites excluding steroid dienone is 1. The predicted molar refractivity (Wildman–Crippen MR) is 74.8 cm³/mol. The monoisotopic (exact) mass is 278 g/mol. The maximum atomic E-state index is 9.45. The summed E-state index contributed by atoms with van der Waals surface area (Å²) in [5.74, 6) is -0.00170. The number of rotatable bonds is 6. The summed E-state index contributed by atoms with van der Waals surface area (Å²) in [6.07, 6.45) is 6.12. The van der Waals surface area contributed by atoms with Crippen molar-refractivity contribution >= 4 is 6.08 Å². The predicted octanol–water partition coefficient (Wildman–Crippen LogP) is 2.52. The van der Waals surface area contributed by atoms with Crippen molar-refractivity contribution in [3.05, 3.63) is 29.8 Å². The molecule has 5 N–H and O–H groups in total. The lowest BCUT2D eigenvalue weighted by Crippen LogP contribution is -1.96. The van der Waals surface area contributed by atoms with Crippen LogP contribution in [-0.4, -0.2) is 30.0 Å². The molecule has 0 saturated heterocycles. The summed E-state index contributed by atoms with van der Waals surface area (Å²) in [7, 11) is 0. The number of aromatic hydroxyl groups is 4. The van der Waals surface area contributed by atoms with Crippen LogP contribution in [0.2, 0.25) is 0 Å². The minimum absolute atomic E-state index is 0.0547. The first-order valence-electron chi connectivity index (χ1n) is 6.43. The average Bonchev–Trinajstić information content (AvgIpc) is 2.88. The molecule has 0 saturated carbocycles. The zero-order valence-electron chi connectivity index (χ0n) is 11.0. The Bertz CT molecular complexity index is 579. The Morgan fingerprint density at radius 1 is 1.05 bits per heavy atom. The molecule has 0 aromatic carbocycles. The van der Waals surface area contributed by atoms with Gasteiger partial charge in [0.2, 0.25) is 0 Å². The van der Waals surface area contributed by atoms with Gasteiger partial charge in [-0.1, -0.05) is 12.2 Å². The molecule has 0 radical (unpaired) electrons. The van der Waals surface area contributed by atoms with Crippen LogP contribution in [0.3, 0.4) is 0 Å². The van der Waals surface area contributed by atoms with Gasteiger partial charge in [0.15, 0.2) is 23.5 Å². The van der Waals surface area contributed by atoms with Gasteiger partial charge in [0.05, 0.1) is 0 Å². The van der Waals surface area contributed by atoms with Gasteiger partial charge in [0.1, 0.15) is 0 Å². The van der Waals surface area contributed by atoms with E-state index in [2.05, 4.69) is 4.98 Å². The number of aromatic nitrogens is 2. The second-order valence-electron chi connectivity index (χ2n) is 4.56. The first kappa shape index (κ1) is 13.9. The first-order chi connectivity index (χ1) is 9.58. The van der Waals surface area contributed by atoms with Crippen LogP contribution < -0.4 is 0 Å². The molecule has 0 aliphatic rings. The molecule has 6 heteroatoms. The minimum atomic E-state index is -0.0688. The second kappa shape index (κ2) is 6.10. The smallest absolute Gasteiger partial charge is 0.198 e. The van der Waals surface area contributed by atoms with Crippen molar-refractivity contribution in [2.24, 2.45) is 0 Å². The lowest BCUT2D eigenvalue weighted by Gasteiger charge is -2.05. The number of aromatic amines is 1. The molecule has 0 bridgehead atoms. The Balaban J connectivity index is 1.73. The van der Waals surface area contributed by atoms with Crippen molar-refractivity contribution in [1.29, 1.82) is 0 Å². The first-order valence-corrected chi connectivity index (χ1v) is 6.43. The highest BCUT2D eigenvalue weighted by atomic mass is 16.3. The van der Waals surface area contributed by atoms with E-state index in [0.717, 1.165) is 19.3 Å². The summed E-state index contributed by atoms with van der Waals surface area (Å²) in [4.78, 5) is 2.39. The molecule has 6 nitrogen and oxygen atoms in total. The van der Waals surface area contributed by atoms with E-state index in [1.165, 1.54) is 22.8 Å². The van der Waals surface area contributed by atoms with Crippen molar-refractivity contribution in [2.75, 3.05) is 0 Å². The molecule has 108 valence electrons. The third kappa shape index (κ3) is 3.28. The van der Waals surface area contributed by atoms with Gasteiger partial charge < -0.3 is 20.4 Å². The SMILES string of the molecule is Oc1cc(C=CCCCCn2c(O)ccc2O)c(O)[nH]1. The highest BCUT2D eigenvalue weighted by molar-refractivity contribution is 5.56. The molecule has 0 aliphatic heterocycles. The summed E-state index contributed by atoms with van der Waals surface area (Å²) >= 11 is 0. The summed E-state index contributed by atoms with van der Waals surface area (Å²) < 4.78 is 1.44. The van der Waals surface area contributed by atoms with Gasteiger partial charge in [-0.15, -0.1) is 0 Å². The number of H-pyrrole nitrogens is 1. The number of nitrogens with one attached hydrogen (secondary N) is 1. The lowest BCUT2D eigenvalue weighted by atomic mass is 10.2. The summed E-state index contributed by atoms with van der Waals surface area (Å²) in [6.45, 7) is 0.550. The highest BCUT2D eigenvalue weighted by Crippen LogP contribution is 2.23. The van der Waals surface area contributed by atoms with Crippen LogP contribution in [0.1, 0.15) is 24.8 Å². The number of unbranched alkanes of at least 4 members (excludes halogenated alkanes) is 2. The van der Waals surface area contributed by atoms with Gasteiger partial charge in [-0.3, -0.25) is 9.55 Å². The second-order valence-corrected chi connectivity index (χ2v) is 4.56. The van der Waals surface area contributed by atoms with Crippen LogP contribution in [0.25, 0.3) is 6.08 Å². The highest BCUT2D eigenvalue weighted by Gasteiger charge is 2.04. The number of nitrogens with zero attached hydrogens (tertiary/aromatic N) is 1. The molecule has 0 unspecified atom stereocenters. The maximum absolute atomic E-state index is 9.45. The van der Waals surface area contributed by atoms with Crippen LogP contribution in [0.5, 0.6) is 23.5 Å². The third-order valence-corrected chi connectivity index (χ3v) is 3.05. The summed E-state index contributed by atoms with van der Waals surface area (Å²) in [5.41, 5.74) is 0.545. The molecule has 0 spiro atoms. The zero-order chi connectivity index (χ0) is 14.5. The van der Waals surface area contributed by atoms with Crippen LogP contribution in [0.4, 0.5) is 0 Å². The molecular formula is C14H18N2O4. The fourth-order valence-corrected chi connectivity index (χ4v) is 1.99. The Morgan fingerprint density at radius 2 is 1.75 bits per heavy atom. The van der Waals surface area contributed by atoms with Crippen molar-refractivity contribution in [3.63, 3.8) is 0 Å². The van der Waals surface area contributed by atoms with E-state index in [-0.39, 0.29) is 23.5 Å². The average molecular weight is 278 g/mol. The van der Waals surface area contributed by atoms with Gasteiger partial charge >= 0.3 is 0 Å². The van der Waals surface area contributed by atoms with E-state index in [1.54, 1.807) is 6.08 Å². The van der Waals surface area contributed by atoms with E-state index in [9.17, 15) is 15.3 Å². The third-order valence-electron chi connectivity index (χ3n) is 3.05. The van der Waals surface area contributed by atoms with E-state index in [4.69, 9.17) is 5.11 Å². The molecule has 0 fully saturated rings. The standard InChI is InChI=1S/C14H18N2O4/c17-11-9-10(14(20)15-11)5-3-1-2-4-8-16-12(18)6-7-13(16)19/h3,5-7,9,15,17-20H,1-2,4,8H2. The maximum Gasteiger partial charge on any atom is 0.198 e. The summed E-state index contributed by atoms with van der Waals surface area (Å²) in [5, 5.41) is 37.4. The Hall–Kier alpha value is -2.50. The van der Waals surface area contributed by atoms with E-state index in [1.807, 2.05) is 6.08 Å². The van der Waals surface area contributed by atoms with Gasteiger partial charge in [-0.05, 0) is 19.3 Å². The number of hydrogen-bond donors (Lipinski definition) is 5. The Kier molecular flexibility index (Phi) is 4.24. The minimum Gasteiger partial charge on any atom is -0.494 e. The summed E-state index contributed by atoms with van der Waals surface area (Å²) in [6, 6.07) is 4.36. The molecule has 2 heterocycles. The van der Waals surface area contributed by atoms with Crippen molar-refractivity contribution in [2.45, 2.75) is 25.8 Å². The molecule has 0 amide bonds. The Morgan fingerprint density at radius 3 is 2.35 bits per heavy atom. The zero-order valence-corrected chi connectivity index (χ0v) is 11.0. The lowest BCUT2D eigenvalue weighted by molar-refractivity contribution is 0.363. The normalized spacial score (nSPS) is 11.4. The molecule has 2 aromatic heterocycles. The van der Waals surface area contributed by atoms with Gasteiger partial charge in [-0.2, -0.15) is 0 Å². The molecular weight excluding hydrogens is 260 g/mol. The van der Waals surface area contributed by atoms with Crippen molar-refractivity contribution in [1.82, 2.24) is 9.55 Å². The van der Waals surface area contributed by atoms with Gasteiger partial charge in [0, 0.05) is 30.3 Å². The molecule has 0 aliphatic carbocycles.